The van der Waals surface area contributed by atoms with Gasteiger partial charge < -0.3 is 5.32 Å². The van der Waals surface area contributed by atoms with Crippen LogP contribution in [0.5, 0.6) is 0 Å². The number of halogens is 3. The van der Waals surface area contributed by atoms with Crippen LogP contribution in [0.25, 0.3) is 0 Å². The van der Waals surface area contributed by atoms with E-state index in [1.807, 2.05) is 0 Å². The second kappa shape index (κ2) is 6.23. The van der Waals surface area contributed by atoms with E-state index in [2.05, 4.69) is 26.1 Å². The summed E-state index contributed by atoms with van der Waals surface area (Å²) in [5, 5.41) is 3.32. The fourth-order valence-corrected chi connectivity index (χ4v) is 2.12. The van der Waals surface area contributed by atoms with Crippen molar-refractivity contribution in [2.24, 2.45) is 0 Å². The molecule has 1 N–H and O–H groups in total. The van der Waals surface area contributed by atoms with Crippen LogP contribution in [0.1, 0.15) is 45.6 Å². The Hall–Kier alpha value is -1.03. The molecule has 1 aromatic rings. The summed E-state index contributed by atoms with van der Waals surface area (Å²) in [6.45, 7) is 6.56. The zero-order chi connectivity index (χ0) is 13.8. The lowest BCUT2D eigenvalue weighted by Gasteiger charge is -2.32. The van der Waals surface area contributed by atoms with Gasteiger partial charge in [0.25, 0.3) is 0 Å². The molecule has 0 bridgehead atoms. The van der Waals surface area contributed by atoms with Crippen LogP contribution in [-0.2, 0) is 6.54 Å². The van der Waals surface area contributed by atoms with Crippen molar-refractivity contribution in [2.75, 3.05) is 0 Å². The van der Waals surface area contributed by atoms with E-state index in [1.165, 1.54) is 0 Å². The molecule has 1 rings (SSSR count). The lowest BCUT2D eigenvalue weighted by molar-refractivity contribution is 0.287. The minimum absolute atomic E-state index is 0.0264. The molecular weight excluding hydrogens is 239 g/mol. The Labute approximate surface area is 106 Å². The van der Waals surface area contributed by atoms with Gasteiger partial charge in [-0.15, -0.1) is 0 Å². The normalized spacial score (nSPS) is 11.9. The average Bonchev–Trinajstić information content (AvgIpc) is 2.38. The maximum atomic E-state index is 13.1. The van der Waals surface area contributed by atoms with Crippen LogP contribution in [0.3, 0.4) is 0 Å². The summed E-state index contributed by atoms with van der Waals surface area (Å²) in [5.74, 6) is -3.68. The van der Waals surface area contributed by atoms with Crippen LogP contribution in [0.15, 0.2) is 12.1 Å². The fraction of sp³-hybridized carbons (Fsp3) is 0.571. The van der Waals surface area contributed by atoms with E-state index in [-0.39, 0.29) is 5.54 Å². The summed E-state index contributed by atoms with van der Waals surface area (Å²) in [6, 6.07) is 2.08. The first-order chi connectivity index (χ1) is 8.48. The molecule has 1 nitrogen and oxygen atoms in total. The Balaban J connectivity index is 2.80. The molecule has 0 atom stereocenters. The van der Waals surface area contributed by atoms with Crippen molar-refractivity contribution in [1.29, 1.82) is 0 Å². The van der Waals surface area contributed by atoms with Crippen LogP contribution >= 0.6 is 0 Å². The Morgan fingerprint density at radius 3 is 1.78 bits per heavy atom. The molecule has 0 aromatic heterocycles. The van der Waals surface area contributed by atoms with Gasteiger partial charge in [0.15, 0.2) is 17.5 Å². The van der Waals surface area contributed by atoms with Gasteiger partial charge in [0.05, 0.1) is 0 Å². The van der Waals surface area contributed by atoms with E-state index < -0.39 is 17.5 Å². The van der Waals surface area contributed by atoms with Gasteiger partial charge in [-0.2, -0.15) is 0 Å². The van der Waals surface area contributed by atoms with Crippen LogP contribution in [0.2, 0.25) is 0 Å². The zero-order valence-electron chi connectivity index (χ0n) is 11.1. The molecule has 0 saturated heterocycles. The molecule has 18 heavy (non-hydrogen) atoms. The molecular formula is C14H20F3N. The topological polar surface area (TPSA) is 12.0 Å². The molecule has 102 valence electrons. The van der Waals surface area contributed by atoms with Gasteiger partial charge in [-0.1, -0.05) is 20.8 Å². The van der Waals surface area contributed by atoms with Gasteiger partial charge in [-0.05, 0) is 37.0 Å². The first-order valence-electron chi connectivity index (χ1n) is 6.36. The second-order valence-corrected chi connectivity index (χ2v) is 4.57. The monoisotopic (exact) mass is 259 g/mol. The van der Waals surface area contributed by atoms with E-state index in [0.717, 1.165) is 31.4 Å². The third kappa shape index (κ3) is 3.25. The van der Waals surface area contributed by atoms with Crippen molar-refractivity contribution in [3.63, 3.8) is 0 Å². The van der Waals surface area contributed by atoms with Gasteiger partial charge in [0, 0.05) is 12.1 Å². The van der Waals surface area contributed by atoms with Crippen LogP contribution in [0.4, 0.5) is 13.2 Å². The number of rotatable bonds is 6. The average molecular weight is 259 g/mol. The third-order valence-electron chi connectivity index (χ3n) is 3.74. The summed E-state index contributed by atoms with van der Waals surface area (Å²) in [5.41, 5.74) is 0.396. The zero-order valence-corrected chi connectivity index (χ0v) is 11.1. The van der Waals surface area contributed by atoms with Crippen LogP contribution in [0, 0.1) is 17.5 Å². The third-order valence-corrected chi connectivity index (χ3v) is 3.74. The van der Waals surface area contributed by atoms with E-state index in [0.29, 0.717) is 12.1 Å². The maximum Gasteiger partial charge on any atom is 0.194 e. The van der Waals surface area contributed by atoms with Crippen LogP contribution in [-0.4, -0.2) is 5.54 Å². The number of benzene rings is 1. The minimum atomic E-state index is -1.41. The maximum absolute atomic E-state index is 13.1. The lowest BCUT2D eigenvalue weighted by atomic mass is 9.89. The molecule has 0 amide bonds. The van der Waals surface area contributed by atoms with Gasteiger partial charge in [0.1, 0.15) is 0 Å². The summed E-state index contributed by atoms with van der Waals surface area (Å²) in [4.78, 5) is 0. The Morgan fingerprint density at radius 1 is 0.944 bits per heavy atom. The first-order valence-corrected chi connectivity index (χ1v) is 6.36. The molecule has 0 unspecified atom stereocenters. The van der Waals surface area contributed by atoms with Crippen molar-refractivity contribution in [2.45, 2.75) is 52.1 Å². The van der Waals surface area contributed by atoms with E-state index >= 15 is 0 Å². The molecule has 0 radical (unpaired) electrons. The highest BCUT2D eigenvalue weighted by molar-refractivity contribution is 5.19. The molecule has 0 aliphatic heterocycles. The summed E-state index contributed by atoms with van der Waals surface area (Å²) >= 11 is 0. The lowest BCUT2D eigenvalue weighted by Crippen LogP contribution is -2.43. The predicted octanol–water partition coefficient (Wildman–Crippen LogP) is 4.16. The van der Waals surface area contributed by atoms with E-state index in [4.69, 9.17) is 0 Å². The Kier molecular flexibility index (Phi) is 5.20. The number of nitrogens with one attached hydrogen (secondary N) is 1. The fourth-order valence-electron chi connectivity index (χ4n) is 2.12. The van der Waals surface area contributed by atoms with Gasteiger partial charge >= 0.3 is 0 Å². The molecule has 0 aliphatic rings. The largest absolute Gasteiger partial charge is 0.307 e. The smallest absolute Gasteiger partial charge is 0.194 e. The summed E-state index contributed by atoms with van der Waals surface area (Å²) in [6.07, 6.45) is 2.81. The van der Waals surface area contributed by atoms with Crippen LogP contribution < -0.4 is 5.32 Å². The van der Waals surface area contributed by atoms with Crippen molar-refractivity contribution in [3.05, 3.63) is 35.1 Å². The highest BCUT2D eigenvalue weighted by Crippen LogP contribution is 2.21. The minimum Gasteiger partial charge on any atom is -0.307 e. The predicted molar refractivity (Wildman–Crippen MR) is 66.8 cm³/mol. The van der Waals surface area contributed by atoms with Crippen molar-refractivity contribution in [3.8, 4) is 0 Å². The van der Waals surface area contributed by atoms with Crippen molar-refractivity contribution >= 4 is 0 Å². The Bertz CT molecular complexity index is 369. The molecule has 0 fully saturated rings. The molecule has 0 heterocycles. The SMILES string of the molecule is CCC(CC)(CC)NCc1cc(F)c(F)c(F)c1. The molecule has 4 heteroatoms. The van der Waals surface area contributed by atoms with Crippen molar-refractivity contribution in [1.82, 2.24) is 5.32 Å². The quantitative estimate of drug-likeness (QED) is 0.756. The number of hydrogen-bond donors (Lipinski definition) is 1. The molecule has 0 spiro atoms. The summed E-state index contributed by atoms with van der Waals surface area (Å²) < 4.78 is 38.9. The Morgan fingerprint density at radius 2 is 1.39 bits per heavy atom. The highest BCUT2D eigenvalue weighted by Gasteiger charge is 2.23. The van der Waals surface area contributed by atoms with Crippen molar-refractivity contribution < 1.29 is 13.2 Å². The standard InChI is InChI=1S/C14H20F3N/c1-4-14(5-2,6-3)18-9-10-7-11(15)13(17)12(16)8-10/h7-8,18H,4-6,9H2,1-3H3. The first kappa shape index (κ1) is 15.0. The molecule has 0 aliphatic carbocycles. The second-order valence-electron chi connectivity index (χ2n) is 4.57. The number of hydrogen-bond acceptors (Lipinski definition) is 1. The summed E-state index contributed by atoms with van der Waals surface area (Å²) in [7, 11) is 0. The van der Waals surface area contributed by atoms with Gasteiger partial charge in [0.2, 0.25) is 0 Å². The highest BCUT2D eigenvalue weighted by atomic mass is 19.2. The molecule has 1 aromatic carbocycles. The van der Waals surface area contributed by atoms with Gasteiger partial charge in [-0.25, -0.2) is 13.2 Å². The van der Waals surface area contributed by atoms with E-state index in [1.54, 1.807) is 0 Å². The van der Waals surface area contributed by atoms with E-state index in [9.17, 15) is 13.2 Å². The van der Waals surface area contributed by atoms with Gasteiger partial charge in [-0.3, -0.25) is 0 Å². The molecule has 0 saturated carbocycles.